The molecule has 0 aliphatic carbocycles. The second kappa shape index (κ2) is 4.74. The quantitative estimate of drug-likeness (QED) is 0.852. The summed E-state index contributed by atoms with van der Waals surface area (Å²) in [4.78, 5) is 23.5. The van der Waals surface area contributed by atoms with Crippen LogP contribution in [-0.4, -0.2) is 23.5 Å². The molecule has 0 saturated carbocycles. The number of carbonyl (C=O) groups is 2. The number of carboxylic acids is 1. The molecule has 0 spiro atoms. The fourth-order valence-corrected chi connectivity index (χ4v) is 2.14. The molecular formula is C11H8Cl2FNO3. The molecule has 2 rings (SSSR count). The Hall–Kier alpha value is -1.33. The molecule has 1 aliphatic rings. The molecule has 1 heterocycles. The summed E-state index contributed by atoms with van der Waals surface area (Å²) in [7, 11) is 0. The van der Waals surface area contributed by atoms with Crippen molar-refractivity contribution in [1.29, 1.82) is 0 Å². The zero-order valence-electron chi connectivity index (χ0n) is 8.99. The molecule has 7 heteroatoms. The van der Waals surface area contributed by atoms with Crippen molar-refractivity contribution in [3.05, 3.63) is 28.0 Å². The normalized spacial score (nSPS) is 19.4. The molecule has 1 aliphatic heterocycles. The van der Waals surface area contributed by atoms with Gasteiger partial charge in [-0.3, -0.25) is 9.59 Å². The minimum atomic E-state index is -1.08. The Morgan fingerprint density at radius 3 is 2.67 bits per heavy atom. The second-order valence-electron chi connectivity index (χ2n) is 3.94. The Kier molecular flexibility index (Phi) is 3.45. The van der Waals surface area contributed by atoms with Crippen LogP contribution in [0, 0.1) is 11.7 Å². The van der Waals surface area contributed by atoms with Gasteiger partial charge >= 0.3 is 5.97 Å². The van der Waals surface area contributed by atoms with Gasteiger partial charge in [-0.2, -0.15) is 0 Å². The van der Waals surface area contributed by atoms with E-state index in [9.17, 15) is 14.0 Å². The maximum Gasteiger partial charge on any atom is 0.308 e. The lowest BCUT2D eigenvalue weighted by Gasteiger charge is -2.17. The van der Waals surface area contributed by atoms with Crippen molar-refractivity contribution in [3.8, 4) is 0 Å². The highest BCUT2D eigenvalue weighted by Gasteiger charge is 2.36. The monoisotopic (exact) mass is 291 g/mol. The van der Waals surface area contributed by atoms with E-state index in [0.717, 1.165) is 4.90 Å². The largest absolute Gasteiger partial charge is 0.481 e. The maximum absolute atomic E-state index is 13.9. The predicted octanol–water partition coefficient (Wildman–Crippen LogP) is 2.57. The van der Waals surface area contributed by atoms with Crippen molar-refractivity contribution < 1.29 is 19.1 Å². The van der Waals surface area contributed by atoms with Gasteiger partial charge in [-0.05, 0) is 12.1 Å². The average molecular weight is 292 g/mol. The van der Waals surface area contributed by atoms with Crippen LogP contribution in [0.1, 0.15) is 6.42 Å². The van der Waals surface area contributed by atoms with Crippen LogP contribution in [0.4, 0.5) is 10.1 Å². The van der Waals surface area contributed by atoms with E-state index in [1.54, 1.807) is 0 Å². The number of nitrogens with zero attached hydrogens (tertiary/aromatic N) is 1. The van der Waals surface area contributed by atoms with Gasteiger partial charge in [0.15, 0.2) is 5.82 Å². The van der Waals surface area contributed by atoms with E-state index in [2.05, 4.69) is 0 Å². The van der Waals surface area contributed by atoms with Crippen LogP contribution in [0.2, 0.25) is 10.0 Å². The van der Waals surface area contributed by atoms with E-state index in [1.165, 1.54) is 12.1 Å². The topological polar surface area (TPSA) is 57.6 Å². The molecule has 96 valence electrons. The molecule has 1 saturated heterocycles. The molecule has 1 aromatic carbocycles. The molecule has 1 aromatic rings. The summed E-state index contributed by atoms with van der Waals surface area (Å²) >= 11 is 11.3. The molecule has 0 radical (unpaired) electrons. The highest BCUT2D eigenvalue weighted by Crippen LogP contribution is 2.34. The second-order valence-corrected chi connectivity index (χ2v) is 4.72. The number of rotatable bonds is 2. The van der Waals surface area contributed by atoms with Crippen LogP contribution in [0.15, 0.2) is 12.1 Å². The van der Waals surface area contributed by atoms with Crippen LogP contribution >= 0.6 is 23.2 Å². The maximum atomic E-state index is 13.9. The van der Waals surface area contributed by atoms with E-state index in [1.807, 2.05) is 0 Å². The van der Waals surface area contributed by atoms with Gasteiger partial charge in [0.25, 0.3) is 0 Å². The summed E-state index contributed by atoms with van der Waals surface area (Å²) in [5, 5.41) is 8.61. The van der Waals surface area contributed by atoms with Gasteiger partial charge in [0.05, 0.1) is 21.7 Å². The van der Waals surface area contributed by atoms with Gasteiger partial charge in [0.2, 0.25) is 5.91 Å². The molecular weight excluding hydrogens is 284 g/mol. The predicted molar refractivity (Wildman–Crippen MR) is 64.5 cm³/mol. The smallest absolute Gasteiger partial charge is 0.308 e. The minimum Gasteiger partial charge on any atom is -0.481 e. The third-order valence-electron chi connectivity index (χ3n) is 2.78. The SMILES string of the molecule is O=C(O)C1CC(=O)N(c2ccc(Cl)c(Cl)c2F)C1. The number of carbonyl (C=O) groups excluding carboxylic acids is 1. The first-order valence-electron chi connectivity index (χ1n) is 5.08. The Morgan fingerprint density at radius 1 is 1.44 bits per heavy atom. The molecule has 1 N–H and O–H groups in total. The number of halogens is 3. The molecule has 1 fully saturated rings. The minimum absolute atomic E-state index is 0.0411. The molecule has 4 nitrogen and oxygen atoms in total. The number of amides is 1. The van der Waals surface area contributed by atoms with Crippen LogP contribution in [0.25, 0.3) is 0 Å². The first kappa shape index (κ1) is 13.1. The first-order chi connectivity index (χ1) is 8.41. The highest BCUT2D eigenvalue weighted by molar-refractivity contribution is 6.42. The Labute approximate surface area is 112 Å². The van der Waals surface area contributed by atoms with Crippen LogP contribution in [-0.2, 0) is 9.59 Å². The van der Waals surface area contributed by atoms with Crippen LogP contribution < -0.4 is 4.90 Å². The molecule has 1 atom stereocenters. The Morgan fingerprint density at radius 2 is 2.11 bits per heavy atom. The van der Waals surface area contributed by atoms with Crippen molar-refractivity contribution in [2.75, 3.05) is 11.4 Å². The Bertz CT molecular complexity index is 535. The van der Waals surface area contributed by atoms with Crippen molar-refractivity contribution in [3.63, 3.8) is 0 Å². The summed E-state index contributed by atoms with van der Waals surface area (Å²) in [6.45, 7) is -0.0664. The first-order valence-corrected chi connectivity index (χ1v) is 5.84. The average Bonchev–Trinajstić information content (AvgIpc) is 2.69. The zero-order valence-corrected chi connectivity index (χ0v) is 10.5. The van der Waals surface area contributed by atoms with E-state index in [0.29, 0.717) is 0 Å². The number of hydrogen-bond donors (Lipinski definition) is 1. The number of aliphatic carboxylic acids is 1. The zero-order chi connectivity index (χ0) is 13.4. The third kappa shape index (κ3) is 2.15. The lowest BCUT2D eigenvalue weighted by molar-refractivity contribution is -0.141. The summed E-state index contributed by atoms with van der Waals surface area (Å²) < 4.78 is 13.9. The van der Waals surface area contributed by atoms with Gasteiger partial charge in [-0.15, -0.1) is 0 Å². The van der Waals surface area contributed by atoms with Gasteiger partial charge < -0.3 is 10.0 Å². The van der Waals surface area contributed by atoms with Crippen molar-refractivity contribution in [2.45, 2.75) is 6.42 Å². The van der Waals surface area contributed by atoms with Crippen molar-refractivity contribution in [1.82, 2.24) is 0 Å². The number of anilines is 1. The summed E-state index contributed by atoms with van der Waals surface area (Å²) in [5.74, 6) is -3.17. The van der Waals surface area contributed by atoms with Gasteiger partial charge in [0.1, 0.15) is 0 Å². The molecule has 0 aromatic heterocycles. The van der Waals surface area contributed by atoms with Crippen molar-refractivity contribution >= 4 is 40.8 Å². The lowest BCUT2D eigenvalue weighted by Crippen LogP contribution is -2.26. The fraction of sp³-hybridized carbons (Fsp3) is 0.273. The third-order valence-corrected chi connectivity index (χ3v) is 3.56. The fourth-order valence-electron chi connectivity index (χ4n) is 1.83. The molecule has 1 unspecified atom stereocenters. The lowest BCUT2D eigenvalue weighted by atomic mass is 10.1. The number of benzene rings is 1. The number of hydrogen-bond acceptors (Lipinski definition) is 2. The van der Waals surface area contributed by atoms with Crippen molar-refractivity contribution in [2.24, 2.45) is 5.92 Å². The standard InChI is InChI=1S/C11H8Cl2FNO3/c12-6-1-2-7(10(14)9(6)13)15-4-5(11(17)18)3-8(15)16/h1-2,5H,3-4H2,(H,17,18). The van der Waals surface area contributed by atoms with E-state index >= 15 is 0 Å². The molecule has 18 heavy (non-hydrogen) atoms. The number of carboxylic acid groups (broad SMARTS) is 1. The van der Waals surface area contributed by atoms with Gasteiger partial charge in [0, 0.05) is 13.0 Å². The van der Waals surface area contributed by atoms with E-state index in [4.69, 9.17) is 28.3 Å². The summed E-state index contributed by atoms with van der Waals surface area (Å²) in [6.07, 6.45) is -0.144. The summed E-state index contributed by atoms with van der Waals surface area (Å²) in [5.41, 5.74) is -0.0434. The Balaban J connectivity index is 2.36. The molecule has 1 amide bonds. The van der Waals surface area contributed by atoms with Gasteiger partial charge in [-0.25, -0.2) is 4.39 Å². The van der Waals surface area contributed by atoms with E-state index < -0.39 is 23.6 Å². The van der Waals surface area contributed by atoms with Crippen LogP contribution in [0.3, 0.4) is 0 Å². The van der Waals surface area contributed by atoms with Gasteiger partial charge in [-0.1, -0.05) is 23.2 Å². The highest BCUT2D eigenvalue weighted by atomic mass is 35.5. The van der Waals surface area contributed by atoms with E-state index in [-0.39, 0.29) is 28.7 Å². The summed E-state index contributed by atoms with van der Waals surface area (Å²) in [6, 6.07) is 2.68. The molecule has 0 bridgehead atoms. The van der Waals surface area contributed by atoms with Crippen LogP contribution in [0.5, 0.6) is 0 Å².